The standard InChI is InChI=1S/C12H14F3N5S/c1-2-16-11-19-8(12(13,14)15)7-9(20-11)17-4-3-10-18-5-6-21-10/h5-7H,2-4H2,1H3,(H2,16,17,19,20). The van der Waals surface area contributed by atoms with Crippen LogP contribution in [0.5, 0.6) is 0 Å². The Morgan fingerprint density at radius 1 is 1.24 bits per heavy atom. The summed E-state index contributed by atoms with van der Waals surface area (Å²) in [5, 5.41) is 8.33. The van der Waals surface area contributed by atoms with Crippen molar-refractivity contribution in [1.29, 1.82) is 0 Å². The molecular formula is C12H14F3N5S. The lowest BCUT2D eigenvalue weighted by molar-refractivity contribution is -0.141. The lowest BCUT2D eigenvalue weighted by atomic mass is 10.3. The fourth-order valence-corrected chi connectivity index (χ4v) is 2.21. The monoisotopic (exact) mass is 317 g/mol. The summed E-state index contributed by atoms with van der Waals surface area (Å²) in [6.07, 6.45) is -2.19. The third-order valence-electron chi connectivity index (χ3n) is 2.48. The Bertz CT molecular complexity index is 571. The summed E-state index contributed by atoms with van der Waals surface area (Å²) in [5.74, 6) is 0.105. The maximum Gasteiger partial charge on any atom is 0.433 e. The first-order valence-corrected chi connectivity index (χ1v) is 7.19. The molecule has 9 heteroatoms. The fraction of sp³-hybridized carbons (Fsp3) is 0.417. The highest BCUT2D eigenvalue weighted by molar-refractivity contribution is 7.09. The van der Waals surface area contributed by atoms with Crippen LogP contribution in [0.15, 0.2) is 17.6 Å². The van der Waals surface area contributed by atoms with E-state index in [1.165, 1.54) is 11.3 Å². The van der Waals surface area contributed by atoms with Gasteiger partial charge in [-0.3, -0.25) is 0 Å². The van der Waals surface area contributed by atoms with Crippen LogP contribution in [0.3, 0.4) is 0 Å². The number of aromatic nitrogens is 3. The number of anilines is 2. The Morgan fingerprint density at radius 2 is 2.05 bits per heavy atom. The number of hydrogen-bond acceptors (Lipinski definition) is 6. The van der Waals surface area contributed by atoms with Crippen LogP contribution < -0.4 is 10.6 Å². The molecule has 0 aromatic carbocycles. The third kappa shape index (κ3) is 4.55. The molecule has 0 atom stereocenters. The predicted octanol–water partition coefficient (Wildman–Crippen LogP) is 3.04. The average Bonchev–Trinajstić information content (AvgIpc) is 2.91. The minimum absolute atomic E-state index is 0.0379. The highest BCUT2D eigenvalue weighted by atomic mass is 32.1. The van der Waals surface area contributed by atoms with Gasteiger partial charge in [0.15, 0.2) is 5.69 Å². The number of nitrogens with zero attached hydrogens (tertiary/aromatic N) is 3. The van der Waals surface area contributed by atoms with Gasteiger partial charge >= 0.3 is 6.18 Å². The van der Waals surface area contributed by atoms with Crippen molar-refractivity contribution in [2.24, 2.45) is 0 Å². The zero-order valence-corrected chi connectivity index (χ0v) is 12.1. The summed E-state index contributed by atoms with van der Waals surface area (Å²) >= 11 is 1.50. The Hall–Kier alpha value is -1.90. The molecule has 5 nitrogen and oxygen atoms in total. The maximum atomic E-state index is 12.8. The minimum Gasteiger partial charge on any atom is -0.369 e. The van der Waals surface area contributed by atoms with Gasteiger partial charge < -0.3 is 10.6 Å². The molecule has 0 bridgehead atoms. The van der Waals surface area contributed by atoms with E-state index < -0.39 is 11.9 Å². The quantitative estimate of drug-likeness (QED) is 0.857. The highest BCUT2D eigenvalue weighted by Gasteiger charge is 2.33. The van der Waals surface area contributed by atoms with E-state index in [0.717, 1.165) is 11.1 Å². The van der Waals surface area contributed by atoms with Gasteiger partial charge in [0.25, 0.3) is 0 Å². The van der Waals surface area contributed by atoms with Crippen LogP contribution >= 0.6 is 11.3 Å². The second-order valence-corrected chi connectivity index (χ2v) is 5.07. The molecule has 0 radical (unpaired) electrons. The Balaban J connectivity index is 2.08. The van der Waals surface area contributed by atoms with E-state index in [-0.39, 0.29) is 11.8 Å². The molecule has 0 spiro atoms. The summed E-state index contributed by atoms with van der Waals surface area (Å²) < 4.78 is 38.3. The van der Waals surface area contributed by atoms with Gasteiger partial charge in [0.1, 0.15) is 5.82 Å². The molecule has 2 rings (SSSR count). The Labute approximate surface area is 123 Å². The van der Waals surface area contributed by atoms with Crippen molar-refractivity contribution < 1.29 is 13.2 Å². The minimum atomic E-state index is -4.50. The molecule has 0 amide bonds. The van der Waals surface area contributed by atoms with Crippen LogP contribution in [-0.4, -0.2) is 28.0 Å². The fourth-order valence-electron chi connectivity index (χ4n) is 1.59. The molecule has 0 fully saturated rings. The lowest BCUT2D eigenvalue weighted by Gasteiger charge is -2.11. The normalized spacial score (nSPS) is 11.4. The molecule has 0 aliphatic heterocycles. The Kier molecular flexibility index (Phi) is 4.94. The molecule has 0 unspecified atom stereocenters. The number of thiazole rings is 1. The van der Waals surface area contributed by atoms with Crippen LogP contribution in [-0.2, 0) is 12.6 Å². The van der Waals surface area contributed by atoms with E-state index in [0.29, 0.717) is 19.5 Å². The van der Waals surface area contributed by atoms with Crippen molar-refractivity contribution in [2.75, 3.05) is 23.7 Å². The zero-order valence-electron chi connectivity index (χ0n) is 11.2. The Morgan fingerprint density at radius 3 is 2.67 bits per heavy atom. The molecule has 114 valence electrons. The number of alkyl halides is 3. The molecule has 0 aliphatic rings. The third-order valence-corrected chi connectivity index (χ3v) is 3.32. The SMILES string of the molecule is CCNc1nc(NCCc2nccs2)cc(C(F)(F)F)n1. The van der Waals surface area contributed by atoms with Crippen molar-refractivity contribution in [1.82, 2.24) is 15.0 Å². The summed E-state index contributed by atoms with van der Waals surface area (Å²) in [5.41, 5.74) is -0.967. The van der Waals surface area contributed by atoms with Crippen LogP contribution in [0.25, 0.3) is 0 Å². The van der Waals surface area contributed by atoms with E-state index in [2.05, 4.69) is 25.6 Å². The molecule has 21 heavy (non-hydrogen) atoms. The van der Waals surface area contributed by atoms with Crippen LogP contribution in [0.4, 0.5) is 24.9 Å². The van der Waals surface area contributed by atoms with Gasteiger partial charge in [0.2, 0.25) is 5.95 Å². The van der Waals surface area contributed by atoms with Crippen LogP contribution in [0.2, 0.25) is 0 Å². The van der Waals surface area contributed by atoms with Crippen LogP contribution in [0, 0.1) is 0 Å². The number of nitrogens with one attached hydrogen (secondary N) is 2. The summed E-state index contributed by atoms with van der Waals surface area (Å²) in [6, 6.07) is 0.905. The van der Waals surface area contributed by atoms with E-state index in [9.17, 15) is 13.2 Å². The molecular weight excluding hydrogens is 303 g/mol. The molecule has 2 N–H and O–H groups in total. The summed E-state index contributed by atoms with van der Waals surface area (Å²) in [4.78, 5) is 11.6. The lowest BCUT2D eigenvalue weighted by Crippen LogP contribution is -2.15. The summed E-state index contributed by atoms with van der Waals surface area (Å²) in [6.45, 7) is 2.66. The smallest absolute Gasteiger partial charge is 0.369 e. The second-order valence-electron chi connectivity index (χ2n) is 4.09. The van der Waals surface area contributed by atoms with Crippen molar-refractivity contribution >= 4 is 23.1 Å². The van der Waals surface area contributed by atoms with E-state index in [4.69, 9.17) is 0 Å². The van der Waals surface area contributed by atoms with Gasteiger partial charge in [-0.05, 0) is 6.92 Å². The van der Waals surface area contributed by atoms with Gasteiger partial charge in [-0.15, -0.1) is 11.3 Å². The number of hydrogen-bond donors (Lipinski definition) is 2. The first-order valence-electron chi connectivity index (χ1n) is 6.31. The van der Waals surface area contributed by atoms with Gasteiger partial charge in [0.05, 0.1) is 5.01 Å². The number of halogens is 3. The molecule has 0 saturated carbocycles. The molecule has 0 aliphatic carbocycles. The topological polar surface area (TPSA) is 62.7 Å². The van der Waals surface area contributed by atoms with E-state index >= 15 is 0 Å². The van der Waals surface area contributed by atoms with Crippen molar-refractivity contribution in [3.8, 4) is 0 Å². The molecule has 2 aromatic rings. The molecule has 2 heterocycles. The van der Waals surface area contributed by atoms with E-state index in [1.54, 1.807) is 13.1 Å². The van der Waals surface area contributed by atoms with Crippen LogP contribution in [0.1, 0.15) is 17.6 Å². The van der Waals surface area contributed by atoms with E-state index in [1.807, 2.05) is 5.38 Å². The first kappa shape index (κ1) is 15.5. The van der Waals surface area contributed by atoms with Crippen molar-refractivity contribution in [3.63, 3.8) is 0 Å². The first-order chi connectivity index (χ1) is 9.99. The van der Waals surface area contributed by atoms with Gasteiger partial charge in [-0.2, -0.15) is 18.2 Å². The maximum absolute atomic E-state index is 12.8. The molecule has 0 saturated heterocycles. The molecule has 2 aromatic heterocycles. The predicted molar refractivity (Wildman–Crippen MR) is 75.5 cm³/mol. The summed E-state index contributed by atoms with van der Waals surface area (Å²) in [7, 11) is 0. The van der Waals surface area contributed by atoms with Crippen molar-refractivity contribution in [3.05, 3.63) is 28.3 Å². The second kappa shape index (κ2) is 6.70. The van der Waals surface area contributed by atoms with Gasteiger partial charge in [0, 0.05) is 37.2 Å². The van der Waals surface area contributed by atoms with Gasteiger partial charge in [-0.25, -0.2) is 9.97 Å². The number of rotatable bonds is 6. The average molecular weight is 317 g/mol. The van der Waals surface area contributed by atoms with Gasteiger partial charge in [-0.1, -0.05) is 0 Å². The zero-order chi connectivity index (χ0) is 15.3. The highest BCUT2D eigenvalue weighted by Crippen LogP contribution is 2.29. The van der Waals surface area contributed by atoms with Crippen molar-refractivity contribution in [2.45, 2.75) is 19.5 Å². The largest absolute Gasteiger partial charge is 0.433 e.